The molecule has 0 fully saturated rings. The van der Waals surface area contributed by atoms with E-state index in [2.05, 4.69) is 4.98 Å². The van der Waals surface area contributed by atoms with Crippen molar-refractivity contribution in [1.29, 1.82) is 0 Å². The summed E-state index contributed by atoms with van der Waals surface area (Å²) in [6.07, 6.45) is 1.57. The summed E-state index contributed by atoms with van der Waals surface area (Å²) in [6.45, 7) is 2.57. The van der Waals surface area contributed by atoms with Gasteiger partial charge in [-0.05, 0) is 30.2 Å². The van der Waals surface area contributed by atoms with Gasteiger partial charge in [-0.25, -0.2) is 4.98 Å². The number of benzene rings is 1. The molecule has 4 nitrogen and oxygen atoms in total. The fraction of sp³-hybridized carbons (Fsp3) is 0.200. The van der Waals surface area contributed by atoms with Crippen LogP contribution in [0.25, 0.3) is 0 Å². The molecule has 0 aliphatic heterocycles. The van der Waals surface area contributed by atoms with Gasteiger partial charge in [-0.15, -0.1) is 0 Å². The molecule has 4 heteroatoms. The summed E-state index contributed by atoms with van der Waals surface area (Å²) in [5.74, 6) is -0.165. The number of carbonyl (C=O) groups is 1. The molecular weight excluding hydrogens is 238 g/mol. The highest BCUT2D eigenvalue weighted by molar-refractivity contribution is 5.96. The Hall–Kier alpha value is -2.36. The average molecular weight is 255 g/mol. The number of anilines is 1. The number of hydrogen-bond donors (Lipinski definition) is 1. The Morgan fingerprint density at radius 2 is 2.00 bits per heavy atom. The lowest BCUT2D eigenvalue weighted by Gasteiger charge is -2.18. The van der Waals surface area contributed by atoms with Crippen molar-refractivity contribution in [3.63, 3.8) is 0 Å². The molecule has 0 aliphatic carbocycles. The van der Waals surface area contributed by atoms with E-state index in [0.717, 1.165) is 11.1 Å². The molecule has 0 unspecified atom stereocenters. The monoisotopic (exact) mass is 255 g/mol. The summed E-state index contributed by atoms with van der Waals surface area (Å²) < 4.78 is 0. The summed E-state index contributed by atoms with van der Waals surface area (Å²) in [6, 6.07) is 11.4. The van der Waals surface area contributed by atoms with Crippen LogP contribution in [0, 0.1) is 6.92 Å². The topological polar surface area (TPSA) is 59.2 Å². The van der Waals surface area contributed by atoms with Crippen LogP contribution in [-0.4, -0.2) is 22.8 Å². The molecule has 19 heavy (non-hydrogen) atoms. The minimum atomic E-state index is -0.165. The highest BCUT2D eigenvalue weighted by atomic mass is 16.2. The van der Waals surface area contributed by atoms with Crippen LogP contribution in [0.5, 0.6) is 0 Å². The lowest BCUT2D eigenvalue weighted by Crippen LogP contribution is -2.28. The van der Waals surface area contributed by atoms with Gasteiger partial charge >= 0.3 is 0 Å². The second kappa shape index (κ2) is 5.52. The van der Waals surface area contributed by atoms with E-state index < -0.39 is 0 Å². The molecule has 98 valence electrons. The molecule has 0 saturated heterocycles. The van der Waals surface area contributed by atoms with Gasteiger partial charge in [0.25, 0.3) is 5.91 Å². The zero-order chi connectivity index (χ0) is 13.8. The molecule has 2 rings (SSSR count). The number of nitrogens with zero attached hydrogens (tertiary/aromatic N) is 2. The molecule has 0 atom stereocenters. The number of amides is 1. The molecule has 0 spiro atoms. The normalized spacial score (nSPS) is 10.2. The Morgan fingerprint density at radius 3 is 2.68 bits per heavy atom. The summed E-state index contributed by atoms with van der Waals surface area (Å²) in [5, 5.41) is 0. The van der Waals surface area contributed by atoms with E-state index in [9.17, 15) is 4.79 Å². The lowest BCUT2D eigenvalue weighted by molar-refractivity contribution is 0.0780. The van der Waals surface area contributed by atoms with Gasteiger partial charge in [0.1, 0.15) is 0 Å². The largest absolute Gasteiger partial charge is 0.397 e. The van der Waals surface area contributed by atoms with Crippen molar-refractivity contribution < 1.29 is 4.79 Å². The minimum absolute atomic E-state index is 0.165. The van der Waals surface area contributed by atoms with E-state index in [1.165, 1.54) is 0 Å². The highest BCUT2D eigenvalue weighted by Gasteiger charge is 2.16. The second-order valence-electron chi connectivity index (χ2n) is 4.53. The van der Waals surface area contributed by atoms with Crippen LogP contribution in [0.1, 0.15) is 21.6 Å². The Bertz CT molecular complexity index is 595. The molecule has 1 heterocycles. The zero-order valence-electron chi connectivity index (χ0n) is 11.1. The molecule has 0 radical (unpaired) electrons. The number of rotatable bonds is 3. The average Bonchev–Trinajstić information content (AvgIpc) is 2.41. The first-order valence-corrected chi connectivity index (χ1v) is 6.10. The number of hydrogen-bond acceptors (Lipinski definition) is 3. The zero-order valence-corrected chi connectivity index (χ0v) is 11.1. The first-order valence-electron chi connectivity index (χ1n) is 6.10. The van der Waals surface area contributed by atoms with Crippen LogP contribution in [-0.2, 0) is 6.54 Å². The molecule has 1 amide bonds. The number of aryl methyl sites for hydroxylation is 1. The van der Waals surface area contributed by atoms with Gasteiger partial charge in [0, 0.05) is 19.8 Å². The number of pyridine rings is 1. The van der Waals surface area contributed by atoms with E-state index >= 15 is 0 Å². The molecule has 0 bridgehead atoms. The van der Waals surface area contributed by atoms with Crippen LogP contribution in [0.3, 0.4) is 0 Å². The Balaban J connectivity index is 2.17. The summed E-state index contributed by atoms with van der Waals surface area (Å²) in [5.41, 5.74) is 8.76. The number of aromatic nitrogens is 1. The van der Waals surface area contributed by atoms with Gasteiger partial charge in [0.15, 0.2) is 5.69 Å². The molecular formula is C15H17N3O. The standard InChI is InChI=1S/C15H17N3O/c1-11-6-3-4-7-12(11)10-18(2)15(19)14-13(16)8-5-9-17-14/h3-9H,10,16H2,1-2H3. The van der Waals surface area contributed by atoms with Crippen molar-refractivity contribution in [1.82, 2.24) is 9.88 Å². The quantitative estimate of drug-likeness (QED) is 0.915. The Labute approximate surface area is 112 Å². The van der Waals surface area contributed by atoms with Crippen molar-refractivity contribution in [2.45, 2.75) is 13.5 Å². The SMILES string of the molecule is Cc1ccccc1CN(C)C(=O)c1ncccc1N. The van der Waals surface area contributed by atoms with Gasteiger partial charge in [-0.3, -0.25) is 4.79 Å². The Morgan fingerprint density at radius 1 is 1.26 bits per heavy atom. The highest BCUT2D eigenvalue weighted by Crippen LogP contribution is 2.14. The smallest absolute Gasteiger partial charge is 0.274 e. The van der Waals surface area contributed by atoms with Crippen LogP contribution >= 0.6 is 0 Å². The molecule has 1 aromatic carbocycles. The van der Waals surface area contributed by atoms with E-state index in [1.54, 1.807) is 30.3 Å². The fourth-order valence-electron chi connectivity index (χ4n) is 1.89. The molecule has 2 aromatic rings. The molecule has 1 aromatic heterocycles. The van der Waals surface area contributed by atoms with Gasteiger partial charge in [0.2, 0.25) is 0 Å². The molecule has 0 saturated carbocycles. The third-order valence-electron chi connectivity index (χ3n) is 3.06. The van der Waals surface area contributed by atoms with Crippen LogP contribution in [0.15, 0.2) is 42.6 Å². The summed E-state index contributed by atoms with van der Waals surface area (Å²) in [4.78, 5) is 17.9. The van der Waals surface area contributed by atoms with Crippen molar-refractivity contribution in [2.24, 2.45) is 0 Å². The van der Waals surface area contributed by atoms with Gasteiger partial charge in [-0.2, -0.15) is 0 Å². The van der Waals surface area contributed by atoms with Crippen LogP contribution in [0.4, 0.5) is 5.69 Å². The second-order valence-corrected chi connectivity index (χ2v) is 4.53. The maximum absolute atomic E-state index is 12.3. The van der Waals surface area contributed by atoms with Crippen molar-refractivity contribution in [2.75, 3.05) is 12.8 Å². The number of carbonyl (C=O) groups excluding carboxylic acids is 1. The number of nitrogens with two attached hydrogens (primary N) is 1. The van der Waals surface area contributed by atoms with Crippen LogP contribution in [0.2, 0.25) is 0 Å². The fourth-order valence-corrected chi connectivity index (χ4v) is 1.89. The first kappa shape index (κ1) is 13.1. The van der Waals surface area contributed by atoms with E-state index in [4.69, 9.17) is 5.73 Å². The third-order valence-corrected chi connectivity index (χ3v) is 3.06. The van der Waals surface area contributed by atoms with Gasteiger partial charge < -0.3 is 10.6 Å². The molecule has 2 N–H and O–H groups in total. The predicted octanol–water partition coefficient (Wildman–Crippen LogP) is 2.24. The maximum atomic E-state index is 12.3. The van der Waals surface area contributed by atoms with E-state index in [-0.39, 0.29) is 5.91 Å². The van der Waals surface area contributed by atoms with E-state index in [0.29, 0.717) is 17.9 Å². The lowest BCUT2D eigenvalue weighted by atomic mass is 10.1. The van der Waals surface area contributed by atoms with Gasteiger partial charge in [-0.1, -0.05) is 24.3 Å². The molecule has 0 aliphatic rings. The third kappa shape index (κ3) is 2.91. The van der Waals surface area contributed by atoms with Gasteiger partial charge in [0.05, 0.1) is 5.69 Å². The van der Waals surface area contributed by atoms with E-state index in [1.807, 2.05) is 31.2 Å². The minimum Gasteiger partial charge on any atom is -0.397 e. The summed E-state index contributed by atoms with van der Waals surface area (Å²) in [7, 11) is 1.75. The summed E-state index contributed by atoms with van der Waals surface area (Å²) >= 11 is 0. The Kier molecular flexibility index (Phi) is 3.80. The van der Waals surface area contributed by atoms with Crippen molar-refractivity contribution in [3.8, 4) is 0 Å². The van der Waals surface area contributed by atoms with Crippen molar-refractivity contribution in [3.05, 3.63) is 59.4 Å². The van der Waals surface area contributed by atoms with Crippen LogP contribution < -0.4 is 5.73 Å². The predicted molar refractivity (Wildman–Crippen MR) is 75.6 cm³/mol. The maximum Gasteiger partial charge on any atom is 0.274 e. The number of nitrogen functional groups attached to an aromatic ring is 1. The first-order chi connectivity index (χ1) is 9.09. The van der Waals surface area contributed by atoms with Crippen molar-refractivity contribution >= 4 is 11.6 Å².